The van der Waals surface area contributed by atoms with Gasteiger partial charge in [0.25, 0.3) is 0 Å². The molecule has 0 aliphatic rings. The largest absolute Gasteiger partial charge is 0.329 e. The SMILES string of the molecule is CCc1cccc(NC(=O)CNC(=O)Nc2cccc(C#Cc3cccs3)c2)c1. The molecular weight excluding hydrogens is 382 g/mol. The van der Waals surface area contributed by atoms with E-state index < -0.39 is 6.03 Å². The van der Waals surface area contributed by atoms with E-state index in [1.807, 2.05) is 53.9 Å². The molecule has 0 atom stereocenters. The third-order valence-electron chi connectivity index (χ3n) is 4.00. The molecule has 0 bridgehead atoms. The minimum absolute atomic E-state index is 0.125. The molecule has 3 N–H and O–H groups in total. The van der Waals surface area contributed by atoms with Gasteiger partial charge in [-0.25, -0.2) is 4.79 Å². The molecule has 0 aliphatic carbocycles. The van der Waals surface area contributed by atoms with E-state index in [0.29, 0.717) is 11.4 Å². The number of anilines is 2. The van der Waals surface area contributed by atoms with Gasteiger partial charge in [0.1, 0.15) is 0 Å². The molecule has 6 heteroatoms. The second-order valence-electron chi connectivity index (χ2n) is 6.22. The van der Waals surface area contributed by atoms with Crippen LogP contribution in [-0.2, 0) is 11.2 Å². The summed E-state index contributed by atoms with van der Waals surface area (Å²) in [5.74, 6) is 5.86. The summed E-state index contributed by atoms with van der Waals surface area (Å²) in [6.45, 7) is 1.93. The molecule has 5 nitrogen and oxygen atoms in total. The number of carbonyl (C=O) groups excluding carboxylic acids is 2. The van der Waals surface area contributed by atoms with Crippen LogP contribution in [0, 0.1) is 11.8 Å². The summed E-state index contributed by atoms with van der Waals surface area (Å²) in [6.07, 6.45) is 0.890. The van der Waals surface area contributed by atoms with Crippen LogP contribution in [-0.4, -0.2) is 18.5 Å². The van der Waals surface area contributed by atoms with Crippen LogP contribution < -0.4 is 16.0 Å². The molecule has 0 spiro atoms. The Hall–Kier alpha value is -3.56. The van der Waals surface area contributed by atoms with E-state index in [-0.39, 0.29) is 12.5 Å². The van der Waals surface area contributed by atoms with Gasteiger partial charge >= 0.3 is 6.03 Å². The van der Waals surface area contributed by atoms with Crippen LogP contribution in [0.15, 0.2) is 66.0 Å². The lowest BCUT2D eigenvalue weighted by Gasteiger charge is -2.09. The maximum absolute atomic E-state index is 12.1. The van der Waals surface area contributed by atoms with Crippen LogP contribution in [0.5, 0.6) is 0 Å². The van der Waals surface area contributed by atoms with E-state index in [1.165, 1.54) is 0 Å². The Morgan fingerprint density at radius 3 is 2.48 bits per heavy atom. The zero-order valence-electron chi connectivity index (χ0n) is 16.0. The minimum Gasteiger partial charge on any atom is -0.329 e. The molecule has 29 heavy (non-hydrogen) atoms. The molecule has 0 saturated heterocycles. The van der Waals surface area contributed by atoms with Crippen molar-refractivity contribution >= 4 is 34.6 Å². The van der Waals surface area contributed by atoms with E-state index in [1.54, 1.807) is 23.5 Å². The maximum Gasteiger partial charge on any atom is 0.319 e. The van der Waals surface area contributed by atoms with Crippen LogP contribution >= 0.6 is 11.3 Å². The fourth-order valence-corrected chi connectivity index (χ4v) is 3.14. The molecule has 0 saturated carbocycles. The normalized spacial score (nSPS) is 9.83. The summed E-state index contributed by atoms with van der Waals surface area (Å²) in [5, 5.41) is 10.0. The van der Waals surface area contributed by atoms with Crippen LogP contribution in [0.1, 0.15) is 22.9 Å². The fourth-order valence-electron chi connectivity index (χ4n) is 2.57. The third-order valence-corrected chi connectivity index (χ3v) is 4.79. The summed E-state index contributed by atoms with van der Waals surface area (Å²) >= 11 is 1.58. The van der Waals surface area contributed by atoms with Crippen molar-refractivity contribution in [3.05, 3.63) is 82.0 Å². The summed E-state index contributed by atoms with van der Waals surface area (Å²) in [6, 6.07) is 18.3. The maximum atomic E-state index is 12.1. The topological polar surface area (TPSA) is 70.2 Å². The average Bonchev–Trinajstić information content (AvgIpc) is 3.25. The summed E-state index contributed by atoms with van der Waals surface area (Å²) in [7, 11) is 0. The highest BCUT2D eigenvalue weighted by molar-refractivity contribution is 7.10. The average molecular weight is 404 g/mol. The molecule has 3 rings (SSSR count). The van der Waals surface area contributed by atoms with Gasteiger partial charge < -0.3 is 16.0 Å². The van der Waals surface area contributed by atoms with Crippen molar-refractivity contribution in [3.63, 3.8) is 0 Å². The highest BCUT2D eigenvalue weighted by Gasteiger charge is 2.07. The Labute approximate surface area is 174 Å². The molecule has 0 aliphatic heterocycles. The first-order valence-electron chi connectivity index (χ1n) is 9.21. The van der Waals surface area contributed by atoms with Gasteiger partial charge in [-0.05, 0) is 53.8 Å². The third kappa shape index (κ3) is 6.52. The van der Waals surface area contributed by atoms with Crippen molar-refractivity contribution in [2.45, 2.75) is 13.3 Å². The highest BCUT2D eigenvalue weighted by atomic mass is 32.1. The van der Waals surface area contributed by atoms with Crippen molar-refractivity contribution in [3.8, 4) is 11.8 Å². The lowest BCUT2D eigenvalue weighted by molar-refractivity contribution is -0.115. The molecular formula is C23H21N3O2S. The number of hydrogen-bond donors (Lipinski definition) is 3. The number of benzene rings is 2. The number of rotatable bonds is 5. The first-order valence-corrected chi connectivity index (χ1v) is 10.1. The number of aryl methyl sites for hydroxylation is 1. The molecule has 0 unspecified atom stereocenters. The van der Waals surface area contributed by atoms with Gasteiger partial charge in [-0.2, -0.15) is 0 Å². The van der Waals surface area contributed by atoms with Crippen molar-refractivity contribution in [1.82, 2.24) is 5.32 Å². The van der Waals surface area contributed by atoms with Gasteiger partial charge in [0.2, 0.25) is 5.91 Å². The van der Waals surface area contributed by atoms with Gasteiger partial charge in [0.15, 0.2) is 0 Å². The fraction of sp³-hybridized carbons (Fsp3) is 0.130. The van der Waals surface area contributed by atoms with Crippen LogP contribution in [0.3, 0.4) is 0 Å². The smallest absolute Gasteiger partial charge is 0.319 e. The van der Waals surface area contributed by atoms with E-state index in [0.717, 1.165) is 22.4 Å². The van der Waals surface area contributed by atoms with Crippen molar-refractivity contribution in [2.75, 3.05) is 17.2 Å². The van der Waals surface area contributed by atoms with Crippen molar-refractivity contribution in [1.29, 1.82) is 0 Å². The number of carbonyl (C=O) groups is 2. The summed E-state index contributed by atoms with van der Waals surface area (Å²) in [5.41, 5.74) is 3.26. The second kappa shape index (κ2) is 10.1. The van der Waals surface area contributed by atoms with Crippen LogP contribution in [0.2, 0.25) is 0 Å². The van der Waals surface area contributed by atoms with E-state index >= 15 is 0 Å². The predicted molar refractivity (Wildman–Crippen MR) is 118 cm³/mol. The Morgan fingerprint density at radius 1 is 0.931 bits per heavy atom. The molecule has 0 radical (unpaired) electrons. The van der Waals surface area contributed by atoms with E-state index in [9.17, 15) is 9.59 Å². The number of urea groups is 1. The van der Waals surface area contributed by atoms with Crippen LogP contribution in [0.25, 0.3) is 0 Å². The Bertz CT molecular complexity index is 1050. The first-order chi connectivity index (χ1) is 14.1. The number of nitrogens with one attached hydrogen (secondary N) is 3. The van der Waals surface area contributed by atoms with Gasteiger partial charge in [0.05, 0.1) is 11.4 Å². The van der Waals surface area contributed by atoms with E-state index in [2.05, 4.69) is 34.7 Å². The number of hydrogen-bond acceptors (Lipinski definition) is 3. The molecule has 146 valence electrons. The highest BCUT2D eigenvalue weighted by Crippen LogP contribution is 2.12. The van der Waals surface area contributed by atoms with Gasteiger partial charge in [-0.1, -0.05) is 43.0 Å². The molecule has 3 amide bonds. The van der Waals surface area contributed by atoms with Crippen molar-refractivity contribution in [2.24, 2.45) is 0 Å². The van der Waals surface area contributed by atoms with Crippen LogP contribution in [0.4, 0.5) is 16.2 Å². The minimum atomic E-state index is -0.453. The Morgan fingerprint density at radius 2 is 1.72 bits per heavy atom. The lowest BCUT2D eigenvalue weighted by atomic mass is 10.1. The Balaban J connectivity index is 1.50. The summed E-state index contributed by atoms with van der Waals surface area (Å²) < 4.78 is 0. The number of thiophene rings is 1. The van der Waals surface area contributed by atoms with E-state index in [4.69, 9.17) is 0 Å². The zero-order valence-corrected chi connectivity index (χ0v) is 16.8. The van der Waals surface area contributed by atoms with Gasteiger partial charge in [-0.3, -0.25) is 4.79 Å². The predicted octanol–water partition coefficient (Wildman–Crippen LogP) is 4.47. The van der Waals surface area contributed by atoms with Crippen molar-refractivity contribution < 1.29 is 9.59 Å². The number of amides is 3. The molecule has 1 heterocycles. The van der Waals surface area contributed by atoms with Gasteiger partial charge in [0, 0.05) is 16.9 Å². The van der Waals surface area contributed by atoms with Gasteiger partial charge in [-0.15, -0.1) is 11.3 Å². The molecule has 2 aromatic carbocycles. The monoisotopic (exact) mass is 403 g/mol. The quantitative estimate of drug-likeness (QED) is 0.550. The molecule has 3 aromatic rings. The molecule has 0 fully saturated rings. The second-order valence-corrected chi connectivity index (χ2v) is 7.17. The Kier molecular flexibility index (Phi) is 7.04. The first kappa shape index (κ1) is 20.2. The summed E-state index contributed by atoms with van der Waals surface area (Å²) in [4.78, 5) is 25.1. The lowest BCUT2D eigenvalue weighted by Crippen LogP contribution is -2.35. The standard InChI is InChI=1S/C23H21N3O2S/c1-2-17-6-3-8-19(14-17)25-22(27)16-24-23(28)26-20-9-4-7-18(15-20)11-12-21-10-5-13-29-21/h3-10,13-15H,2,16H2,1H3,(H,25,27)(H2,24,26,28). The molecule has 1 aromatic heterocycles. The zero-order chi connectivity index (χ0) is 20.5.